The maximum atomic E-state index is 12.0. The molecule has 3 rings (SSSR count). The molecule has 2 aromatic heterocycles. The Labute approximate surface area is 121 Å². The van der Waals surface area contributed by atoms with Crippen molar-refractivity contribution in [2.24, 2.45) is 0 Å². The molecule has 5 heteroatoms. The lowest BCUT2D eigenvalue weighted by molar-refractivity contribution is -0.115. The molecule has 0 atom stereocenters. The summed E-state index contributed by atoms with van der Waals surface area (Å²) in [7, 11) is 0. The van der Waals surface area contributed by atoms with E-state index in [2.05, 4.69) is 15.3 Å². The van der Waals surface area contributed by atoms with Gasteiger partial charge in [-0.3, -0.25) is 9.59 Å². The van der Waals surface area contributed by atoms with Gasteiger partial charge in [0.1, 0.15) is 5.65 Å². The summed E-state index contributed by atoms with van der Waals surface area (Å²) in [5.74, 6) is -0.120. The van der Waals surface area contributed by atoms with E-state index >= 15 is 0 Å². The highest BCUT2D eigenvalue weighted by molar-refractivity contribution is 5.99. The standard InChI is InChI=1S/C16H13N3O2/c20-10-12-8-17-16-14(12)7-13(9-18-16)19-15(21)6-11-4-2-1-3-5-11/h1-5,7-10H,6H2,(H,17,18)(H,19,21). The summed E-state index contributed by atoms with van der Waals surface area (Å²) < 4.78 is 0. The molecule has 0 bridgehead atoms. The molecule has 0 aliphatic carbocycles. The van der Waals surface area contributed by atoms with Crippen LogP contribution in [0.1, 0.15) is 15.9 Å². The number of aromatic amines is 1. The molecule has 2 N–H and O–H groups in total. The van der Waals surface area contributed by atoms with Gasteiger partial charge in [-0.1, -0.05) is 30.3 Å². The fourth-order valence-electron chi connectivity index (χ4n) is 2.18. The summed E-state index contributed by atoms with van der Waals surface area (Å²) in [5, 5.41) is 3.49. The van der Waals surface area contributed by atoms with E-state index in [0.29, 0.717) is 28.7 Å². The van der Waals surface area contributed by atoms with Crippen LogP contribution in [-0.4, -0.2) is 22.2 Å². The van der Waals surface area contributed by atoms with Crippen LogP contribution >= 0.6 is 0 Å². The molecule has 21 heavy (non-hydrogen) atoms. The molecule has 0 radical (unpaired) electrons. The van der Waals surface area contributed by atoms with Crippen molar-refractivity contribution in [3.63, 3.8) is 0 Å². The van der Waals surface area contributed by atoms with Crippen molar-refractivity contribution in [1.29, 1.82) is 0 Å². The fourth-order valence-corrected chi connectivity index (χ4v) is 2.18. The third kappa shape index (κ3) is 2.81. The van der Waals surface area contributed by atoms with Crippen LogP contribution in [0, 0.1) is 0 Å². The lowest BCUT2D eigenvalue weighted by Gasteiger charge is -2.05. The van der Waals surface area contributed by atoms with Gasteiger partial charge >= 0.3 is 0 Å². The number of pyridine rings is 1. The third-order valence-corrected chi connectivity index (χ3v) is 3.18. The maximum Gasteiger partial charge on any atom is 0.228 e. The molecule has 0 saturated heterocycles. The number of nitrogens with zero attached hydrogens (tertiary/aromatic N) is 1. The quantitative estimate of drug-likeness (QED) is 0.721. The molecule has 0 saturated carbocycles. The minimum Gasteiger partial charge on any atom is -0.345 e. The van der Waals surface area contributed by atoms with Crippen molar-refractivity contribution in [3.8, 4) is 0 Å². The number of hydrogen-bond acceptors (Lipinski definition) is 3. The van der Waals surface area contributed by atoms with Gasteiger partial charge in [0.05, 0.1) is 18.3 Å². The number of hydrogen-bond donors (Lipinski definition) is 2. The van der Waals surface area contributed by atoms with Gasteiger partial charge in [-0.15, -0.1) is 0 Å². The number of rotatable bonds is 4. The molecule has 0 fully saturated rings. The van der Waals surface area contributed by atoms with Crippen LogP contribution in [0.15, 0.2) is 48.8 Å². The van der Waals surface area contributed by atoms with Crippen LogP contribution in [0.4, 0.5) is 5.69 Å². The van der Waals surface area contributed by atoms with Crippen LogP contribution in [0.5, 0.6) is 0 Å². The number of H-pyrrole nitrogens is 1. The summed E-state index contributed by atoms with van der Waals surface area (Å²) in [4.78, 5) is 30.0. The summed E-state index contributed by atoms with van der Waals surface area (Å²) in [6.07, 6.45) is 4.22. The van der Waals surface area contributed by atoms with Crippen LogP contribution < -0.4 is 5.32 Å². The number of fused-ring (bicyclic) bond motifs is 1. The Kier molecular flexibility index (Phi) is 3.47. The topological polar surface area (TPSA) is 74.8 Å². The molecular weight excluding hydrogens is 266 g/mol. The smallest absolute Gasteiger partial charge is 0.228 e. The van der Waals surface area contributed by atoms with Gasteiger partial charge in [0.15, 0.2) is 6.29 Å². The van der Waals surface area contributed by atoms with E-state index in [1.807, 2.05) is 30.3 Å². The average molecular weight is 279 g/mol. The number of aromatic nitrogens is 2. The Hall–Kier alpha value is -2.95. The molecule has 1 amide bonds. The van der Waals surface area contributed by atoms with Crippen LogP contribution in [0.25, 0.3) is 11.0 Å². The number of carbonyl (C=O) groups excluding carboxylic acids is 2. The van der Waals surface area contributed by atoms with Crippen molar-refractivity contribution in [2.45, 2.75) is 6.42 Å². The predicted octanol–water partition coefficient (Wildman–Crippen LogP) is 2.56. The van der Waals surface area contributed by atoms with Gasteiger partial charge in [0.25, 0.3) is 0 Å². The lowest BCUT2D eigenvalue weighted by atomic mass is 10.1. The second kappa shape index (κ2) is 5.58. The van der Waals surface area contributed by atoms with E-state index in [-0.39, 0.29) is 5.91 Å². The predicted molar refractivity (Wildman–Crippen MR) is 80.3 cm³/mol. The van der Waals surface area contributed by atoms with Crippen LogP contribution in [0.2, 0.25) is 0 Å². The summed E-state index contributed by atoms with van der Waals surface area (Å²) in [6, 6.07) is 11.2. The lowest BCUT2D eigenvalue weighted by Crippen LogP contribution is -2.14. The van der Waals surface area contributed by atoms with Gasteiger partial charge in [0.2, 0.25) is 5.91 Å². The van der Waals surface area contributed by atoms with Gasteiger partial charge in [-0.25, -0.2) is 4.98 Å². The summed E-state index contributed by atoms with van der Waals surface area (Å²) >= 11 is 0. The summed E-state index contributed by atoms with van der Waals surface area (Å²) in [5.41, 5.74) is 2.67. The number of carbonyl (C=O) groups is 2. The van der Waals surface area contributed by atoms with E-state index in [9.17, 15) is 9.59 Å². The number of anilines is 1. The molecule has 3 aromatic rings. The highest BCUT2D eigenvalue weighted by atomic mass is 16.1. The van der Waals surface area contributed by atoms with Gasteiger partial charge in [-0.05, 0) is 11.6 Å². The van der Waals surface area contributed by atoms with Crippen molar-refractivity contribution >= 4 is 28.9 Å². The Bertz CT molecular complexity index is 794. The second-order valence-electron chi connectivity index (χ2n) is 4.69. The Morgan fingerprint density at radius 3 is 2.86 bits per heavy atom. The zero-order valence-electron chi connectivity index (χ0n) is 11.2. The van der Waals surface area contributed by atoms with Crippen molar-refractivity contribution in [1.82, 2.24) is 9.97 Å². The highest BCUT2D eigenvalue weighted by Gasteiger charge is 2.08. The molecule has 1 aromatic carbocycles. The molecule has 0 aliphatic rings. The number of amides is 1. The molecule has 5 nitrogen and oxygen atoms in total. The normalized spacial score (nSPS) is 10.5. The molecule has 0 aliphatic heterocycles. The van der Waals surface area contributed by atoms with Gasteiger partial charge < -0.3 is 10.3 Å². The number of benzene rings is 1. The fraction of sp³-hybridized carbons (Fsp3) is 0.0625. The van der Waals surface area contributed by atoms with Gasteiger partial charge in [0, 0.05) is 17.1 Å². The minimum absolute atomic E-state index is 0.120. The number of nitrogens with one attached hydrogen (secondary N) is 2. The van der Waals surface area contributed by atoms with E-state index in [1.165, 1.54) is 0 Å². The zero-order chi connectivity index (χ0) is 14.7. The number of aldehydes is 1. The Morgan fingerprint density at radius 2 is 2.10 bits per heavy atom. The minimum atomic E-state index is -0.120. The van der Waals surface area contributed by atoms with Crippen LogP contribution in [-0.2, 0) is 11.2 Å². The second-order valence-corrected chi connectivity index (χ2v) is 4.69. The first-order chi connectivity index (χ1) is 10.3. The molecule has 0 unspecified atom stereocenters. The maximum absolute atomic E-state index is 12.0. The molecule has 2 heterocycles. The SMILES string of the molecule is O=Cc1c[nH]c2ncc(NC(=O)Cc3ccccc3)cc12. The first-order valence-corrected chi connectivity index (χ1v) is 6.52. The van der Waals surface area contributed by atoms with Crippen molar-refractivity contribution in [3.05, 3.63) is 59.9 Å². The largest absolute Gasteiger partial charge is 0.345 e. The van der Waals surface area contributed by atoms with Crippen LogP contribution in [0.3, 0.4) is 0 Å². The Balaban J connectivity index is 1.78. The van der Waals surface area contributed by atoms with E-state index in [0.717, 1.165) is 11.8 Å². The summed E-state index contributed by atoms with van der Waals surface area (Å²) in [6.45, 7) is 0. The molecular formula is C16H13N3O2. The van der Waals surface area contributed by atoms with E-state index in [1.54, 1.807) is 18.5 Å². The van der Waals surface area contributed by atoms with Crippen molar-refractivity contribution in [2.75, 3.05) is 5.32 Å². The van der Waals surface area contributed by atoms with E-state index in [4.69, 9.17) is 0 Å². The average Bonchev–Trinajstić information content (AvgIpc) is 2.90. The molecule has 0 spiro atoms. The first-order valence-electron chi connectivity index (χ1n) is 6.52. The molecule has 104 valence electrons. The Morgan fingerprint density at radius 1 is 1.29 bits per heavy atom. The van der Waals surface area contributed by atoms with Gasteiger partial charge in [-0.2, -0.15) is 0 Å². The monoisotopic (exact) mass is 279 g/mol. The first kappa shape index (κ1) is 13.1. The highest BCUT2D eigenvalue weighted by Crippen LogP contribution is 2.19. The van der Waals surface area contributed by atoms with Crippen molar-refractivity contribution < 1.29 is 9.59 Å². The zero-order valence-corrected chi connectivity index (χ0v) is 11.2. The third-order valence-electron chi connectivity index (χ3n) is 3.18. The van der Waals surface area contributed by atoms with E-state index < -0.39 is 0 Å².